The molecule has 0 spiro atoms. The summed E-state index contributed by atoms with van der Waals surface area (Å²) in [6.45, 7) is 11.1. The molecule has 2 heterocycles. The molecule has 4 rings (SSSR count). The molecule has 0 bridgehead atoms. The molecule has 0 unspecified atom stereocenters. The van der Waals surface area contributed by atoms with Gasteiger partial charge in [-0.25, -0.2) is 13.4 Å². The molecule has 1 aliphatic rings. The fraction of sp³-hybridized carbons (Fsp3) is 0.448. The Labute approximate surface area is 226 Å². The Kier molecular flexibility index (Phi) is 9.35. The van der Waals surface area contributed by atoms with Gasteiger partial charge in [0.1, 0.15) is 0 Å². The maximum absolute atomic E-state index is 13.6. The number of imidazole rings is 1. The van der Waals surface area contributed by atoms with Gasteiger partial charge in [0.15, 0.2) is 0 Å². The highest BCUT2D eigenvalue weighted by atomic mass is 32.2. The average molecular weight is 539 g/mol. The number of rotatable bonds is 11. The lowest BCUT2D eigenvalue weighted by Crippen LogP contribution is -2.43. The van der Waals surface area contributed by atoms with Gasteiger partial charge in [-0.3, -0.25) is 9.69 Å². The Balaban J connectivity index is 1.62. The van der Waals surface area contributed by atoms with Crippen LogP contribution in [0.25, 0.3) is 0 Å². The van der Waals surface area contributed by atoms with Gasteiger partial charge < -0.3 is 14.2 Å². The monoisotopic (exact) mass is 538 g/mol. The number of benzene rings is 2. The zero-order valence-corrected chi connectivity index (χ0v) is 23.4. The molecule has 0 aliphatic carbocycles. The first-order valence-electron chi connectivity index (χ1n) is 13.2. The fourth-order valence-electron chi connectivity index (χ4n) is 4.60. The van der Waals surface area contributed by atoms with Crippen molar-refractivity contribution in [3.8, 4) is 0 Å². The summed E-state index contributed by atoms with van der Waals surface area (Å²) in [5.74, 6) is -0.00158. The number of carbonyl (C=O) groups excluding carboxylic acids is 1. The molecule has 1 amide bonds. The van der Waals surface area contributed by atoms with E-state index < -0.39 is 9.84 Å². The number of morpholine rings is 1. The van der Waals surface area contributed by atoms with Gasteiger partial charge in [0.2, 0.25) is 15.0 Å². The lowest BCUT2D eigenvalue weighted by atomic mass is 10.1. The lowest BCUT2D eigenvalue weighted by molar-refractivity contribution is 0.0319. The van der Waals surface area contributed by atoms with Crippen LogP contribution in [-0.2, 0) is 33.4 Å². The smallest absolute Gasteiger partial charge is 0.254 e. The number of carbonyl (C=O) groups is 1. The van der Waals surface area contributed by atoms with Crippen LogP contribution < -0.4 is 0 Å². The summed E-state index contributed by atoms with van der Waals surface area (Å²) in [6.07, 6.45) is 1.62. The number of aromatic nitrogens is 2. The number of hydrogen-bond acceptors (Lipinski definition) is 6. The van der Waals surface area contributed by atoms with Crippen molar-refractivity contribution in [1.29, 1.82) is 0 Å². The van der Waals surface area contributed by atoms with Crippen LogP contribution >= 0.6 is 0 Å². The van der Waals surface area contributed by atoms with Gasteiger partial charge in [0.05, 0.1) is 37.4 Å². The highest BCUT2D eigenvalue weighted by Crippen LogP contribution is 2.21. The van der Waals surface area contributed by atoms with Gasteiger partial charge in [-0.1, -0.05) is 61.9 Å². The molecule has 3 aromatic rings. The number of sulfone groups is 1. The van der Waals surface area contributed by atoms with Crippen LogP contribution in [0.3, 0.4) is 0 Å². The Morgan fingerprint density at radius 3 is 2.39 bits per heavy atom. The van der Waals surface area contributed by atoms with E-state index in [2.05, 4.69) is 9.88 Å². The first-order valence-corrected chi connectivity index (χ1v) is 14.9. The van der Waals surface area contributed by atoms with Crippen molar-refractivity contribution in [2.24, 2.45) is 5.92 Å². The van der Waals surface area contributed by atoms with Crippen molar-refractivity contribution >= 4 is 15.7 Å². The third-order valence-electron chi connectivity index (χ3n) is 6.66. The van der Waals surface area contributed by atoms with E-state index in [1.54, 1.807) is 10.8 Å². The Morgan fingerprint density at radius 2 is 1.74 bits per heavy atom. The van der Waals surface area contributed by atoms with Crippen molar-refractivity contribution in [2.75, 3.05) is 39.4 Å². The first kappa shape index (κ1) is 28.0. The second-order valence-electron chi connectivity index (χ2n) is 10.3. The molecule has 0 saturated carbocycles. The van der Waals surface area contributed by atoms with E-state index >= 15 is 0 Å². The van der Waals surface area contributed by atoms with Crippen molar-refractivity contribution < 1.29 is 17.9 Å². The van der Waals surface area contributed by atoms with Crippen molar-refractivity contribution in [2.45, 2.75) is 44.8 Å². The molecule has 1 fully saturated rings. The molecule has 9 heteroatoms. The fourth-order valence-corrected chi connectivity index (χ4v) is 6.10. The van der Waals surface area contributed by atoms with Crippen LogP contribution in [0.4, 0.5) is 0 Å². The van der Waals surface area contributed by atoms with E-state index in [0.29, 0.717) is 37.6 Å². The predicted molar refractivity (Wildman–Crippen MR) is 148 cm³/mol. The van der Waals surface area contributed by atoms with Crippen LogP contribution in [-0.4, -0.2) is 73.1 Å². The lowest BCUT2D eigenvalue weighted by Gasteiger charge is -2.30. The Bertz CT molecular complexity index is 1300. The van der Waals surface area contributed by atoms with E-state index in [-0.39, 0.29) is 29.3 Å². The molecule has 1 saturated heterocycles. The largest absolute Gasteiger partial charge is 0.379 e. The highest BCUT2D eigenvalue weighted by Gasteiger charge is 2.27. The predicted octanol–water partition coefficient (Wildman–Crippen LogP) is 3.80. The van der Waals surface area contributed by atoms with E-state index in [4.69, 9.17) is 4.74 Å². The van der Waals surface area contributed by atoms with Crippen LogP contribution in [0, 0.1) is 12.8 Å². The summed E-state index contributed by atoms with van der Waals surface area (Å²) in [5.41, 5.74) is 3.14. The molecule has 1 aromatic heterocycles. The molecule has 38 heavy (non-hydrogen) atoms. The maximum Gasteiger partial charge on any atom is 0.254 e. The van der Waals surface area contributed by atoms with E-state index in [1.807, 2.05) is 80.3 Å². The first-order chi connectivity index (χ1) is 18.2. The summed E-state index contributed by atoms with van der Waals surface area (Å²) in [7, 11) is -3.68. The number of nitrogens with zero attached hydrogens (tertiary/aromatic N) is 4. The van der Waals surface area contributed by atoms with Crippen molar-refractivity contribution in [3.63, 3.8) is 0 Å². The molecule has 0 radical (unpaired) electrons. The van der Waals surface area contributed by atoms with E-state index in [9.17, 15) is 13.2 Å². The van der Waals surface area contributed by atoms with Gasteiger partial charge in [-0.15, -0.1) is 0 Å². The molecule has 2 aromatic carbocycles. The number of amides is 1. The number of ether oxygens (including phenoxy) is 1. The van der Waals surface area contributed by atoms with Crippen LogP contribution in [0.15, 0.2) is 66.0 Å². The normalized spacial score (nSPS) is 14.6. The van der Waals surface area contributed by atoms with Crippen molar-refractivity contribution in [1.82, 2.24) is 19.4 Å². The van der Waals surface area contributed by atoms with Crippen LogP contribution in [0.5, 0.6) is 0 Å². The zero-order chi connectivity index (χ0) is 27.1. The highest BCUT2D eigenvalue weighted by molar-refractivity contribution is 7.90. The molecule has 0 N–H and O–H groups in total. The summed E-state index contributed by atoms with van der Waals surface area (Å²) in [4.78, 5) is 22.1. The molecular formula is C29H38N4O4S. The standard InChI is InChI=1S/C29H38N4O4S/c1-23(2)20-33-27(19-30-29(33)38(35,36)22-25-7-5-4-6-8-25)21-32(14-13-31-15-17-37-18-16-31)28(34)26-11-9-24(3)10-12-26/h4-12,19,23H,13-18,20-22H2,1-3H3. The topological polar surface area (TPSA) is 84.7 Å². The van der Waals surface area contributed by atoms with Gasteiger partial charge in [-0.2, -0.15) is 0 Å². The molecule has 0 atom stereocenters. The zero-order valence-electron chi connectivity index (χ0n) is 22.5. The number of hydrogen-bond donors (Lipinski definition) is 0. The van der Waals surface area contributed by atoms with Gasteiger partial charge in [0.25, 0.3) is 5.91 Å². The summed E-state index contributed by atoms with van der Waals surface area (Å²) >= 11 is 0. The third-order valence-corrected chi connectivity index (χ3v) is 8.25. The van der Waals surface area contributed by atoms with Crippen LogP contribution in [0.2, 0.25) is 0 Å². The Morgan fingerprint density at radius 1 is 1.05 bits per heavy atom. The van der Waals surface area contributed by atoms with Crippen LogP contribution in [0.1, 0.15) is 41.0 Å². The van der Waals surface area contributed by atoms with Gasteiger partial charge in [-0.05, 0) is 30.5 Å². The summed E-state index contributed by atoms with van der Waals surface area (Å²) in [6, 6.07) is 16.7. The maximum atomic E-state index is 13.6. The Hall–Kier alpha value is -3.01. The quantitative estimate of drug-likeness (QED) is 0.369. The van der Waals surface area contributed by atoms with Crippen molar-refractivity contribution in [3.05, 3.63) is 83.2 Å². The second-order valence-corrected chi connectivity index (χ2v) is 12.2. The molecule has 8 nitrogen and oxygen atoms in total. The molecule has 204 valence electrons. The minimum atomic E-state index is -3.68. The van der Waals surface area contributed by atoms with E-state index in [0.717, 1.165) is 30.8 Å². The molecule has 1 aliphatic heterocycles. The average Bonchev–Trinajstić information content (AvgIpc) is 3.29. The summed E-state index contributed by atoms with van der Waals surface area (Å²) in [5, 5.41) is 0.0565. The minimum absolute atomic E-state index is 0.0565. The second kappa shape index (κ2) is 12.7. The number of aryl methyl sites for hydroxylation is 1. The minimum Gasteiger partial charge on any atom is -0.379 e. The van der Waals surface area contributed by atoms with Gasteiger partial charge >= 0.3 is 0 Å². The summed E-state index contributed by atoms with van der Waals surface area (Å²) < 4.78 is 34.1. The van der Waals surface area contributed by atoms with E-state index in [1.165, 1.54) is 0 Å². The SMILES string of the molecule is Cc1ccc(C(=O)N(CCN2CCOCC2)Cc2cnc(S(=O)(=O)Cc3ccccc3)n2CC(C)C)cc1. The third kappa shape index (κ3) is 7.30. The van der Waals surface area contributed by atoms with Gasteiger partial charge in [0, 0.05) is 38.3 Å². The molecular weight excluding hydrogens is 500 g/mol.